The highest BCUT2D eigenvalue weighted by molar-refractivity contribution is 5.20. The van der Waals surface area contributed by atoms with E-state index in [1.807, 2.05) is 44.2 Å². The second kappa shape index (κ2) is 9.82. The number of hydrogen-bond acceptors (Lipinski definition) is 3. The molecule has 1 fully saturated rings. The van der Waals surface area contributed by atoms with Crippen LogP contribution in [-0.4, -0.2) is 42.9 Å². The molecule has 108 valence electrons. The minimum atomic E-state index is 0.342. The molecule has 19 heavy (non-hydrogen) atoms. The van der Waals surface area contributed by atoms with Gasteiger partial charge in [0.1, 0.15) is 12.4 Å². The Morgan fingerprint density at radius 1 is 1.16 bits per heavy atom. The van der Waals surface area contributed by atoms with Crippen molar-refractivity contribution in [2.45, 2.75) is 26.7 Å². The van der Waals surface area contributed by atoms with Gasteiger partial charge in [0.25, 0.3) is 0 Å². The molecule has 0 amide bonds. The van der Waals surface area contributed by atoms with E-state index in [4.69, 9.17) is 9.84 Å². The average molecular weight is 265 g/mol. The van der Waals surface area contributed by atoms with Crippen molar-refractivity contribution in [3.05, 3.63) is 30.3 Å². The van der Waals surface area contributed by atoms with Gasteiger partial charge in [0.2, 0.25) is 0 Å². The molecule has 1 aliphatic rings. The summed E-state index contributed by atoms with van der Waals surface area (Å²) in [4.78, 5) is 2.41. The molecular weight excluding hydrogens is 238 g/mol. The molecule has 3 nitrogen and oxygen atoms in total. The SMILES string of the molecule is CC.OCC1CCN(CCOc2ccccc2)CC1. The maximum atomic E-state index is 9.06. The van der Waals surface area contributed by atoms with E-state index in [9.17, 15) is 0 Å². The van der Waals surface area contributed by atoms with Crippen LogP contribution in [0.2, 0.25) is 0 Å². The highest BCUT2D eigenvalue weighted by atomic mass is 16.5. The van der Waals surface area contributed by atoms with Gasteiger partial charge >= 0.3 is 0 Å². The smallest absolute Gasteiger partial charge is 0.119 e. The van der Waals surface area contributed by atoms with Crippen molar-refractivity contribution in [3.63, 3.8) is 0 Å². The van der Waals surface area contributed by atoms with Crippen LogP contribution in [0.4, 0.5) is 0 Å². The van der Waals surface area contributed by atoms with Crippen LogP contribution in [0.1, 0.15) is 26.7 Å². The van der Waals surface area contributed by atoms with Crippen molar-refractivity contribution in [3.8, 4) is 5.75 Å². The van der Waals surface area contributed by atoms with E-state index < -0.39 is 0 Å². The van der Waals surface area contributed by atoms with Gasteiger partial charge in [-0.15, -0.1) is 0 Å². The Hall–Kier alpha value is -1.06. The molecule has 0 atom stereocenters. The number of aliphatic hydroxyl groups excluding tert-OH is 1. The summed E-state index contributed by atoms with van der Waals surface area (Å²) in [6.07, 6.45) is 2.23. The topological polar surface area (TPSA) is 32.7 Å². The maximum absolute atomic E-state index is 9.06. The first-order chi connectivity index (χ1) is 9.38. The Morgan fingerprint density at radius 2 is 1.79 bits per heavy atom. The fourth-order valence-corrected chi connectivity index (χ4v) is 2.20. The van der Waals surface area contributed by atoms with Crippen LogP contribution in [0.5, 0.6) is 5.75 Å². The van der Waals surface area contributed by atoms with E-state index in [0.717, 1.165) is 44.8 Å². The van der Waals surface area contributed by atoms with Gasteiger partial charge in [-0.3, -0.25) is 4.90 Å². The van der Waals surface area contributed by atoms with Gasteiger partial charge in [-0.1, -0.05) is 32.0 Å². The highest BCUT2D eigenvalue weighted by Gasteiger charge is 2.17. The summed E-state index contributed by atoms with van der Waals surface area (Å²) < 4.78 is 5.67. The van der Waals surface area contributed by atoms with E-state index in [-0.39, 0.29) is 0 Å². The summed E-state index contributed by atoms with van der Waals surface area (Å²) >= 11 is 0. The molecule has 1 aliphatic heterocycles. The quantitative estimate of drug-likeness (QED) is 0.888. The van der Waals surface area contributed by atoms with Gasteiger partial charge in [-0.2, -0.15) is 0 Å². The monoisotopic (exact) mass is 265 g/mol. The Bertz CT molecular complexity index is 308. The number of rotatable bonds is 5. The predicted molar refractivity (Wildman–Crippen MR) is 79.5 cm³/mol. The van der Waals surface area contributed by atoms with Gasteiger partial charge in [0.15, 0.2) is 0 Å². The lowest BCUT2D eigenvalue weighted by Gasteiger charge is -2.30. The standard InChI is InChI=1S/C14H21NO2.C2H6/c16-12-13-6-8-15(9-7-13)10-11-17-14-4-2-1-3-5-14;1-2/h1-5,13,16H,6-12H2;1-2H3. The third-order valence-electron chi connectivity index (χ3n) is 3.38. The van der Waals surface area contributed by atoms with Gasteiger partial charge < -0.3 is 9.84 Å². The number of hydrogen-bond donors (Lipinski definition) is 1. The Kier molecular flexibility index (Phi) is 8.26. The molecule has 0 aromatic heterocycles. The van der Waals surface area contributed by atoms with Crippen molar-refractivity contribution in [1.29, 1.82) is 0 Å². The van der Waals surface area contributed by atoms with E-state index >= 15 is 0 Å². The number of likely N-dealkylation sites (tertiary alicyclic amines) is 1. The molecule has 1 aromatic rings. The van der Waals surface area contributed by atoms with Gasteiger partial charge in [0.05, 0.1) is 0 Å². The summed E-state index contributed by atoms with van der Waals surface area (Å²) in [5.74, 6) is 1.46. The normalized spacial score (nSPS) is 16.6. The zero-order valence-corrected chi connectivity index (χ0v) is 12.2. The lowest BCUT2D eigenvalue weighted by atomic mass is 9.98. The van der Waals surface area contributed by atoms with Crippen molar-refractivity contribution in [2.24, 2.45) is 5.92 Å². The van der Waals surface area contributed by atoms with E-state index in [2.05, 4.69) is 4.90 Å². The molecule has 0 spiro atoms. The van der Waals surface area contributed by atoms with Gasteiger partial charge in [-0.05, 0) is 44.0 Å². The van der Waals surface area contributed by atoms with Crippen LogP contribution >= 0.6 is 0 Å². The van der Waals surface area contributed by atoms with Crippen LogP contribution in [0, 0.1) is 5.92 Å². The fourth-order valence-electron chi connectivity index (χ4n) is 2.20. The summed E-state index contributed by atoms with van der Waals surface area (Å²) in [5.41, 5.74) is 0. The third kappa shape index (κ3) is 6.08. The number of aliphatic hydroxyl groups is 1. The molecule has 1 aromatic carbocycles. The molecule has 1 heterocycles. The lowest BCUT2D eigenvalue weighted by molar-refractivity contribution is 0.119. The molecular formula is C16H27NO2. The minimum absolute atomic E-state index is 0.342. The number of nitrogens with zero attached hydrogens (tertiary/aromatic N) is 1. The molecule has 1 saturated heterocycles. The van der Waals surface area contributed by atoms with Crippen LogP contribution in [0.25, 0.3) is 0 Å². The minimum Gasteiger partial charge on any atom is -0.492 e. The van der Waals surface area contributed by atoms with E-state index in [0.29, 0.717) is 12.5 Å². The Labute approximate surface area is 117 Å². The third-order valence-corrected chi connectivity index (χ3v) is 3.38. The largest absolute Gasteiger partial charge is 0.492 e. The Morgan fingerprint density at radius 3 is 2.37 bits per heavy atom. The molecule has 3 heteroatoms. The first-order valence-corrected chi connectivity index (χ1v) is 7.39. The van der Waals surface area contributed by atoms with E-state index in [1.165, 1.54) is 0 Å². The number of ether oxygens (including phenoxy) is 1. The molecule has 0 unspecified atom stereocenters. The van der Waals surface area contributed by atoms with Crippen molar-refractivity contribution in [2.75, 3.05) is 32.8 Å². The van der Waals surface area contributed by atoms with Crippen molar-refractivity contribution in [1.82, 2.24) is 4.90 Å². The Balaban J connectivity index is 0.000000861. The molecule has 2 rings (SSSR count). The fraction of sp³-hybridized carbons (Fsp3) is 0.625. The van der Waals surface area contributed by atoms with Crippen molar-refractivity contribution < 1.29 is 9.84 Å². The lowest BCUT2D eigenvalue weighted by Crippen LogP contribution is -2.37. The molecule has 0 bridgehead atoms. The summed E-state index contributed by atoms with van der Waals surface area (Å²) in [7, 11) is 0. The predicted octanol–water partition coefficient (Wildman–Crippen LogP) is 2.80. The van der Waals surface area contributed by atoms with Crippen LogP contribution in [0.15, 0.2) is 30.3 Å². The zero-order valence-electron chi connectivity index (χ0n) is 12.2. The summed E-state index contributed by atoms with van der Waals surface area (Å²) in [5, 5.41) is 9.06. The molecule has 0 aliphatic carbocycles. The van der Waals surface area contributed by atoms with Crippen LogP contribution in [-0.2, 0) is 0 Å². The zero-order chi connectivity index (χ0) is 13.9. The first-order valence-electron chi connectivity index (χ1n) is 7.39. The second-order valence-electron chi connectivity index (χ2n) is 4.63. The molecule has 1 N–H and O–H groups in total. The second-order valence-corrected chi connectivity index (χ2v) is 4.63. The first kappa shape index (κ1) is 16.0. The van der Waals surface area contributed by atoms with Crippen molar-refractivity contribution >= 4 is 0 Å². The van der Waals surface area contributed by atoms with Crippen LogP contribution < -0.4 is 4.74 Å². The number of benzene rings is 1. The van der Waals surface area contributed by atoms with Gasteiger partial charge in [0, 0.05) is 13.2 Å². The number of para-hydroxylation sites is 1. The van der Waals surface area contributed by atoms with E-state index in [1.54, 1.807) is 0 Å². The molecule has 0 saturated carbocycles. The van der Waals surface area contributed by atoms with Crippen LogP contribution in [0.3, 0.4) is 0 Å². The molecule has 0 radical (unpaired) electrons. The average Bonchev–Trinajstić information content (AvgIpc) is 2.51. The maximum Gasteiger partial charge on any atom is 0.119 e. The van der Waals surface area contributed by atoms with Gasteiger partial charge in [-0.25, -0.2) is 0 Å². The summed E-state index contributed by atoms with van der Waals surface area (Å²) in [6, 6.07) is 9.94. The summed E-state index contributed by atoms with van der Waals surface area (Å²) in [6.45, 7) is 8.24. The number of piperidine rings is 1. The highest BCUT2D eigenvalue weighted by Crippen LogP contribution is 2.16.